The van der Waals surface area contributed by atoms with Gasteiger partial charge in [0, 0.05) is 22.9 Å². The highest BCUT2D eigenvalue weighted by Crippen LogP contribution is 2.36. The number of allylic oxidation sites excluding steroid dienone is 1. The van der Waals surface area contributed by atoms with Gasteiger partial charge in [-0.05, 0) is 24.8 Å². The average Bonchev–Trinajstić information content (AvgIpc) is 3.42. The third kappa shape index (κ3) is 3.63. The van der Waals surface area contributed by atoms with Crippen LogP contribution in [0.2, 0.25) is 0 Å². The highest BCUT2D eigenvalue weighted by atomic mass is 32.2. The van der Waals surface area contributed by atoms with Gasteiger partial charge in [0.15, 0.2) is 11.4 Å². The van der Waals surface area contributed by atoms with Crippen molar-refractivity contribution in [2.45, 2.75) is 18.0 Å². The molecule has 2 aliphatic heterocycles. The molecule has 2 aliphatic rings. The van der Waals surface area contributed by atoms with Gasteiger partial charge in [0.25, 0.3) is 0 Å². The minimum atomic E-state index is -3.82. The first-order chi connectivity index (χ1) is 17.7. The number of carbonyl (C=O) groups excluding carboxylic acids is 1. The molecule has 0 saturated carbocycles. The molecule has 0 spiro atoms. The normalized spacial score (nSPS) is 17.5. The topological polar surface area (TPSA) is 152 Å². The number of fused-ring (bicyclic) bond motifs is 2. The Kier molecular flexibility index (Phi) is 5.06. The molecule has 0 fully saturated rings. The number of nitrogens with one attached hydrogen (secondary N) is 1. The van der Waals surface area contributed by atoms with Gasteiger partial charge in [-0.2, -0.15) is 14.3 Å². The first kappa shape index (κ1) is 22.8. The second-order valence-electron chi connectivity index (χ2n) is 8.48. The van der Waals surface area contributed by atoms with E-state index in [0.717, 1.165) is 5.56 Å². The average molecular weight is 511 g/mol. The molecule has 2 aromatic heterocycles. The number of aliphatic imine (C=N–C) groups is 1. The largest absolute Gasteiger partial charge is 0.383 e. The first-order valence-corrected chi connectivity index (χ1v) is 12.6. The summed E-state index contributed by atoms with van der Waals surface area (Å²) in [5.41, 5.74) is 16.5. The summed E-state index contributed by atoms with van der Waals surface area (Å²) in [5, 5.41) is 14.6. The van der Waals surface area contributed by atoms with Gasteiger partial charge in [0.05, 0.1) is 33.5 Å². The predicted octanol–water partition coefficient (Wildman–Crippen LogP) is 2.73. The maximum Gasteiger partial charge on any atom is 0.243 e. The van der Waals surface area contributed by atoms with E-state index in [1.807, 2.05) is 30.3 Å². The molecule has 0 radical (unpaired) electrons. The van der Waals surface area contributed by atoms with Crippen molar-refractivity contribution in [3.63, 3.8) is 0 Å². The van der Waals surface area contributed by atoms with E-state index in [-0.39, 0.29) is 33.3 Å². The van der Waals surface area contributed by atoms with Crippen LogP contribution in [0.15, 0.2) is 76.1 Å². The number of anilines is 1. The molecule has 0 saturated heterocycles. The molecule has 0 bridgehead atoms. The number of sulfonamides is 1. The molecule has 11 heteroatoms. The number of aliphatic hydroxyl groups excluding tert-OH is 1. The number of aliphatic hydroxyl groups is 1. The molecule has 37 heavy (non-hydrogen) atoms. The lowest BCUT2D eigenvalue weighted by Crippen LogP contribution is -2.18. The number of carbonyl (C=O) groups is 1. The number of hydrogen-bond acceptors (Lipinski definition) is 8. The van der Waals surface area contributed by atoms with Crippen molar-refractivity contribution in [2.24, 2.45) is 4.99 Å². The molecule has 4 N–H and O–H groups in total. The monoisotopic (exact) mass is 510 g/mol. The Bertz CT molecular complexity index is 1890. The van der Waals surface area contributed by atoms with Crippen LogP contribution in [0.25, 0.3) is 28.2 Å². The molecular weight excluding hydrogens is 492 g/mol. The number of nitrogens with two attached hydrogens (primary N) is 1. The SMILES string of the molecule is CC(=O)c1c(-c2ccc3c(c2)C(O)NS3(=O)=O)nc2c(C3=C=C=C(c4ccccc4)N=C3)cnn2c1N. The van der Waals surface area contributed by atoms with Crippen molar-refractivity contribution in [1.82, 2.24) is 19.3 Å². The van der Waals surface area contributed by atoms with Crippen LogP contribution in [0.5, 0.6) is 0 Å². The summed E-state index contributed by atoms with van der Waals surface area (Å²) >= 11 is 0. The predicted molar refractivity (Wildman–Crippen MR) is 137 cm³/mol. The third-order valence-corrected chi connectivity index (χ3v) is 7.63. The molecule has 6 rings (SSSR count). The Labute approximate surface area is 210 Å². The lowest BCUT2D eigenvalue weighted by molar-refractivity contribution is 0.101. The first-order valence-electron chi connectivity index (χ1n) is 11.1. The Morgan fingerprint density at radius 3 is 2.62 bits per heavy atom. The van der Waals surface area contributed by atoms with Gasteiger partial charge in [0.2, 0.25) is 10.0 Å². The number of benzene rings is 2. The van der Waals surface area contributed by atoms with E-state index in [0.29, 0.717) is 28.0 Å². The zero-order valence-electron chi connectivity index (χ0n) is 19.3. The number of hydrogen-bond donors (Lipinski definition) is 3. The van der Waals surface area contributed by atoms with E-state index < -0.39 is 16.3 Å². The molecule has 10 nitrogen and oxygen atoms in total. The van der Waals surface area contributed by atoms with E-state index in [9.17, 15) is 18.3 Å². The molecule has 182 valence electrons. The van der Waals surface area contributed by atoms with Gasteiger partial charge in [-0.3, -0.25) is 4.79 Å². The minimum Gasteiger partial charge on any atom is -0.383 e. The van der Waals surface area contributed by atoms with E-state index in [1.165, 1.54) is 29.6 Å². The van der Waals surface area contributed by atoms with Crippen LogP contribution in [-0.2, 0) is 10.0 Å². The Morgan fingerprint density at radius 2 is 1.92 bits per heavy atom. The summed E-state index contributed by atoms with van der Waals surface area (Å²) in [6.07, 6.45) is 1.78. The van der Waals surface area contributed by atoms with Crippen molar-refractivity contribution in [2.75, 3.05) is 5.73 Å². The number of ketones is 1. The zero-order valence-corrected chi connectivity index (χ0v) is 20.1. The summed E-state index contributed by atoms with van der Waals surface area (Å²) in [4.78, 5) is 21.8. The maximum atomic E-state index is 12.6. The van der Waals surface area contributed by atoms with Gasteiger partial charge in [-0.1, -0.05) is 42.1 Å². The van der Waals surface area contributed by atoms with Crippen LogP contribution in [0.1, 0.15) is 40.2 Å². The summed E-state index contributed by atoms with van der Waals surface area (Å²) in [5.74, 6) is -0.275. The Morgan fingerprint density at radius 1 is 1.14 bits per heavy atom. The molecule has 1 unspecified atom stereocenters. The van der Waals surface area contributed by atoms with Crippen LogP contribution in [0, 0.1) is 0 Å². The molecule has 2 aromatic carbocycles. The highest BCUT2D eigenvalue weighted by molar-refractivity contribution is 7.89. The lowest BCUT2D eigenvalue weighted by Gasteiger charge is -2.13. The second-order valence-corrected chi connectivity index (χ2v) is 10.2. The molecule has 0 aliphatic carbocycles. The second kappa shape index (κ2) is 8.21. The van der Waals surface area contributed by atoms with E-state index >= 15 is 0 Å². The zero-order chi connectivity index (χ0) is 25.9. The molecular formula is C26H18N6O4S. The van der Waals surface area contributed by atoms with Crippen LogP contribution in [0.4, 0.5) is 5.82 Å². The smallest absolute Gasteiger partial charge is 0.243 e. The van der Waals surface area contributed by atoms with E-state index in [4.69, 9.17) is 10.7 Å². The van der Waals surface area contributed by atoms with Gasteiger partial charge in [-0.25, -0.2) is 18.4 Å². The fraction of sp³-hybridized carbons (Fsp3) is 0.0769. The number of aromatic nitrogens is 3. The standard InChI is InChI=1S/C26H18N6O4S/c1-14(33)22-23(16-8-10-21-18(11-16)26(34)31-37(21,35)36)30-25-19(13-29-32(25)24(22)27)17-7-9-20(28-12-17)15-5-3-2-4-6-15/h2-6,8,10-13,26,31,34H,27H2,1H3. The number of nitrogen functional groups attached to an aromatic ring is 1. The van der Waals surface area contributed by atoms with Crippen molar-refractivity contribution >= 4 is 44.8 Å². The van der Waals surface area contributed by atoms with Crippen molar-refractivity contribution < 1.29 is 18.3 Å². The number of Topliss-reactive ketones (excluding diaryl/α,β-unsaturated/α-hetero) is 1. The van der Waals surface area contributed by atoms with Crippen molar-refractivity contribution in [1.29, 1.82) is 0 Å². The summed E-state index contributed by atoms with van der Waals surface area (Å²) in [6.45, 7) is 1.36. The number of nitrogens with zero attached hydrogens (tertiary/aromatic N) is 4. The van der Waals surface area contributed by atoms with E-state index in [2.05, 4.69) is 26.3 Å². The van der Waals surface area contributed by atoms with Crippen molar-refractivity contribution in [3.05, 3.63) is 88.4 Å². The van der Waals surface area contributed by atoms with E-state index in [1.54, 1.807) is 12.4 Å². The van der Waals surface area contributed by atoms with Crippen LogP contribution in [0.3, 0.4) is 0 Å². The quantitative estimate of drug-likeness (QED) is 0.282. The Hall–Kier alpha value is -4.63. The van der Waals surface area contributed by atoms with Gasteiger partial charge < -0.3 is 10.8 Å². The van der Waals surface area contributed by atoms with Crippen LogP contribution in [-0.4, -0.2) is 40.1 Å². The molecule has 0 amide bonds. The van der Waals surface area contributed by atoms with Gasteiger partial charge in [0.1, 0.15) is 17.7 Å². The summed E-state index contributed by atoms with van der Waals surface area (Å²) in [6, 6.07) is 14.0. The minimum absolute atomic E-state index is 0.0399. The number of rotatable bonds is 4. The van der Waals surface area contributed by atoms with Gasteiger partial charge in [-0.15, -0.1) is 0 Å². The third-order valence-electron chi connectivity index (χ3n) is 6.14. The highest BCUT2D eigenvalue weighted by Gasteiger charge is 2.33. The summed E-state index contributed by atoms with van der Waals surface area (Å²) < 4.78 is 27.9. The fourth-order valence-corrected chi connectivity index (χ4v) is 5.66. The molecule has 4 heterocycles. The molecule has 1 atom stereocenters. The Balaban J connectivity index is 1.56. The van der Waals surface area contributed by atoms with Crippen molar-refractivity contribution in [3.8, 4) is 11.3 Å². The fourth-order valence-electron chi connectivity index (χ4n) is 4.39. The lowest BCUT2D eigenvalue weighted by atomic mass is 10.0. The molecule has 4 aromatic rings. The van der Waals surface area contributed by atoms with Crippen LogP contribution < -0.4 is 10.5 Å². The summed E-state index contributed by atoms with van der Waals surface area (Å²) in [7, 11) is -3.82. The van der Waals surface area contributed by atoms with Crippen LogP contribution >= 0.6 is 0 Å². The maximum absolute atomic E-state index is 12.6. The van der Waals surface area contributed by atoms with Gasteiger partial charge >= 0.3 is 0 Å².